The van der Waals surface area contributed by atoms with Crippen LogP contribution in [-0.4, -0.2) is 69.1 Å². The van der Waals surface area contributed by atoms with Crippen molar-refractivity contribution in [1.82, 2.24) is 15.0 Å². The predicted molar refractivity (Wildman–Crippen MR) is 136 cm³/mol. The van der Waals surface area contributed by atoms with Gasteiger partial charge < -0.3 is 19.5 Å². The summed E-state index contributed by atoms with van der Waals surface area (Å²) < 4.78 is 42.9. The molecule has 0 radical (unpaired) electrons. The molecular formula is C27H27F3N4O6. The molecule has 0 atom stereocenters. The topological polar surface area (TPSA) is 150 Å². The Hall–Kier alpha value is -4.44. The molecular weight excluding hydrogens is 533 g/mol. The molecule has 0 saturated heterocycles. The first-order chi connectivity index (χ1) is 18.8. The van der Waals surface area contributed by atoms with Crippen molar-refractivity contribution >= 4 is 11.9 Å². The molecule has 2 N–H and O–H groups in total. The van der Waals surface area contributed by atoms with Crippen molar-refractivity contribution < 1.29 is 42.2 Å². The van der Waals surface area contributed by atoms with Gasteiger partial charge in [0.15, 0.2) is 0 Å². The van der Waals surface area contributed by atoms with Crippen LogP contribution in [0.4, 0.5) is 13.2 Å². The zero-order valence-corrected chi connectivity index (χ0v) is 21.9. The lowest BCUT2D eigenvalue weighted by molar-refractivity contribution is -0.192. The van der Waals surface area contributed by atoms with Crippen LogP contribution in [0.5, 0.6) is 5.75 Å². The van der Waals surface area contributed by atoms with Gasteiger partial charge in [-0.15, -0.1) is 0 Å². The second kappa shape index (κ2) is 12.6. The number of ether oxygens (including phenoxy) is 1. The summed E-state index contributed by atoms with van der Waals surface area (Å²) in [6, 6.07) is 11.5. The maximum Gasteiger partial charge on any atom is 0.490 e. The van der Waals surface area contributed by atoms with E-state index in [9.17, 15) is 23.2 Å². The third-order valence-electron chi connectivity index (χ3n) is 6.05. The number of halogens is 3. The van der Waals surface area contributed by atoms with E-state index in [0.29, 0.717) is 35.1 Å². The molecule has 2 heterocycles. The van der Waals surface area contributed by atoms with Crippen LogP contribution in [0.15, 0.2) is 34.9 Å². The molecule has 0 unspecified atom stereocenters. The number of rotatable bonds is 6. The van der Waals surface area contributed by atoms with Crippen molar-refractivity contribution in [3.8, 4) is 34.7 Å². The van der Waals surface area contributed by atoms with Crippen LogP contribution in [0.2, 0.25) is 0 Å². The molecule has 0 spiro atoms. The number of fused-ring (bicyclic) bond motifs is 1. The Bertz CT molecular complexity index is 1430. The van der Waals surface area contributed by atoms with Crippen LogP contribution < -0.4 is 4.74 Å². The van der Waals surface area contributed by atoms with E-state index < -0.39 is 18.1 Å². The van der Waals surface area contributed by atoms with Crippen molar-refractivity contribution in [3.05, 3.63) is 52.6 Å². The molecule has 0 saturated carbocycles. The number of carboxylic acid groups (broad SMARTS) is 2. The molecule has 2 aromatic carbocycles. The van der Waals surface area contributed by atoms with Crippen molar-refractivity contribution in [2.45, 2.75) is 45.9 Å². The number of nitriles is 1. The van der Waals surface area contributed by atoms with Crippen LogP contribution >= 0.6 is 0 Å². The molecule has 4 rings (SSSR count). The normalized spacial score (nSPS) is 13.4. The Morgan fingerprint density at radius 3 is 2.45 bits per heavy atom. The monoisotopic (exact) mass is 560 g/mol. The first-order valence-electron chi connectivity index (χ1n) is 12.2. The van der Waals surface area contributed by atoms with Gasteiger partial charge in [-0.05, 0) is 68.5 Å². The van der Waals surface area contributed by atoms with E-state index in [4.69, 9.17) is 24.3 Å². The van der Waals surface area contributed by atoms with Gasteiger partial charge in [-0.1, -0.05) is 17.3 Å². The first kappa shape index (κ1) is 30.1. The number of carbonyl (C=O) groups is 2. The van der Waals surface area contributed by atoms with Gasteiger partial charge >= 0.3 is 18.1 Å². The van der Waals surface area contributed by atoms with Gasteiger partial charge in [-0.25, -0.2) is 4.79 Å². The van der Waals surface area contributed by atoms with Crippen molar-refractivity contribution in [1.29, 1.82) is 5.26 Å². The van der Waals surface area contributed by atoms with E-state index in [1.54, 1.807) is 18.2 Å². The van der Waals surface area contributed by atoms with E-state index in [0.717, 1.165) is 30.5 Å². The Morgan fingerprint density at radius 1 is 1.18 bits per heavy atom. The number of alkyl halides is 3. The molecule has 1 aliphatic rings. The maximum atomic E-state index is 11.1. The zero-order valence-electron chi connectivity index (χ0n) is 21.9. The minimum atomic E-state index is -5.08. The number of hydrogen-bond acceptors (Lipinski definition) is 8. The summed E-state index contributed by atoms with van der Waals surface area (Å²) in [5.41, 5.74) is 5.47. The highest BCUT2D eigenvalue weighted by molar-refractivity contribution is 5.73. The average molecular weight is 561 g/mol. The van der Waals surface area contributed by atoms with Gasteiger partial charge in [0, 0.05) is 24.2 Å². The lowest BCUT2D eigenvalue weighted by Gasteiger charge is -2.16. The first-order valence-corrected chi connectivity index (χ1v) is 12.2. The quantitative estimate of drug-likeness (QED) is 0.441. The zero-order chi connectivity index (χ0) is 29.6. The molecule has 3 aromatic rings. The number of nitrogens with zero attached hydrogens (tertiary/aromatic N) is 4. The van der Waals surface area contributed by atoms with Crippen molar-refractivity contribution in [3.63, 3.8) is 0 Å². The summed E-state index contributed by atoms with van der Waals surface area (Å²) >= 11 is 0. The van der Waals surface area contributed by atoms with Crippen LogP contribution in [0.3, 0.4) is 0 Å². The van der Waals surface area contributed by atoms with E-state index in [2.05, 4.69) is 22.3 Å². The number of hydrogen-bond donors (Lipinski definition) is 2. The Kier molecular flexibility index (Phi) is 9.49. The molecule has 13 heteroatoms. The minimum absolute atomic E-state index is 0.0367. The van der Waals surface area contributed by atoms with Gasteiger partial charge in [-0.2, -0.15) is 23.4 Å². The summed E-state index contributed by atoms with van der Waals surface area (Å²) in [4.78, 5) is 26.5. The summed E-state index contributed by atoms with van der Waals surface area (Å²) in [5.74, 6) is -2.22. The Morgan fingerprint density at radius 2 is 1.85 bits per heavy atom. The summed E-state index contributed by atoms with van der Waals surface area (Å²) in [7, 11) is 0. The molecule has 1 aromatic heterocycles. The second-order valence-electron chi connectivity index (χ2n) is 9.26. The fraction of sp³-hybridized carbons (Fsp3) is 0.370. The van der Waals surface area contributed by atoms with Crippen LogP contribution in [0.1, 0.15) is 36.1 Å². The SMILES string of the molecule is Cc1c(-c2noc(-c3ccc(OC(C)C)c(C#N)c3)n2)ccc2c1CCN(CC(=O)O)CC2.O=C(O)C(F)(F)F. The molecule has 1 aliphatic heterocycles. The third kappa shape index (κ3) is 7.57. The highest BCUT2D eigenvalue weighted by Crippen LogP contribution is 2.31. The Balaban J connectivity index is 0.000000559. The Labute approximate surface area is 227 Å². The fourth-order valence-electron chi connectivity index (χ4n) is 4.20. The third-order valence-corrected chi connectivity index (χ3v) is 6.05. The largest absolute Gasteiger partial charge is 0.490 e. The summed E-state index contributed by atoms with van der Waals surface area (Å²) in [5, 5.41) is 29.9. The average Bonchev–Trinajstić information content (AvgIpc) is 3.26. The van der Waals surface area contributed by atoms with Crippen molar-refractivity contribution in [2.24, 2.45) is 0 Å². The van der Waals surface area contributed by atoms with Gasteiger partial charge in [-0.3, -0.25) is 9.69 Å². The molecule has 212 valence electrons. The van der Waals surface area contributed by atoms with Crippen molar-refractivity contribution in [2.75, 3.05) is 19.6 Å². The highest BCUT2D eigenvalue weighted by atomic mass is 19.4. The smallest absolute Gasteiger partial charge is 0.490 e. The second-order valence-corrected chi connectivity index (χ2v) is 9.26. The molecule has 0 bridgehead atoms. The van der Waals surface area contributed by atoms with Gasteiger partial charge in [0.05, 0.1) is 18.2 Å². The molecule has 10 nitrogen and oxygen atoms in total. The summed E-state index contributed by atoms with van der Waals surface area (Å²) in [6.45, 7) is 7.34. The van der Waals surface area contributed by atoms with Crippen LogP contribution in [-0.2, 0) is 22.4 Å². The van der Waals surface area contributed by atoms with Gasteiger partial charge in [0.25, 0.3) is 5.89 Å². The molecule has 0 amide bonds. The van der Waals surface area contributed by atoms with Gasteiger partial charge in [0.1, 0.15) is 11.8 Å². The minimum Gasteiger partial charge on any atom is -0.490 e. The molecule has 40 heavy (non-hydrogen) atoms. The van der Waals surface area contributed by atoms with E-state index in [1.165, 1.54) is 11.1 Å². The van der Waals surface area contributed by atoms with E-state index >= 15 is 0 Å². The summed E-state index contributed by atoms with van der Waals surface area (Å²) in [6.07, 6.45) is -3.54. The molecule has 0 aliphatic carbocycles. The van der Waals surface area contributed by atoms with Gasteiger partial charge in [0.2, 0.25) is 5.82 Å². The van der Waals surface area contributed by atoms with Crippen LogP contribution in [0, 0.1) is 18.3 Å². The lowest BCUT2D eigenvalue weighted by Crippen LogP contribution is -2.31. The number of aliphatic carboxylic acids is 2. The highest BCUT2D eigenvalue weighted by Gasteiger charge is 2.38. The predicted octanol–water partition coefficient (Wildman–Crippen LogP) is 4.49. The lowest BCUT2D eigenvalue weighted by atomic mass is 9.93. The maximum absolute atomic E-state index is 11.1. The van der Waals surface area contributed by atoms with Crippen LogP contribution in [0.25, 0.3) is 22.8 Å². The fourth-order valence-corrected chi connectivity index (χ4v) is 4.20. The number of benzene rings is 2. The van der Waals surface area contributed by atoms with E-state index in [1.807, 2.05) is 31.7 Å². The number of aromatic nitrogens is 2. The number of carboxylic acids is 2. The standard InChI is InChI=1S/C25H26N4O4.C2HF3O2/c1-15(2)32-22-7-5-18(12-19(22)13-26)25-27-24(28-33-25)21-6-4-17-8-10-29(14-23(30)31)11-9-20(17)16(21)3;3-2(4,5)1(6)7/h4-7,12,15H,8-11,14H2,1-3H3,(H,30,31);(H,6,7). The molecule has 0 fully saturated rings. The van der Waals surface area contributed by atoms with E-state index in [-0.39, 0.29) is 12.6 Å².